The normalized spacial score (nSPS) is 12.2. The molecule has 0 aliphatic rings. The van der Waals surface area contributed by atoms with Gasteiger partial charge in [0, 0.05) is 5.56 Å². The molecule has 0 unspecified atom stereocenters. The Balaban J connectivity index is 1.93. The maximum Gasteiger partial charge on any atom is 0.387 e. The highest BCUT2D eigenvalue weighted by atomic mass is 32.1. The SMILES string of the molecule is CCOc1ccc(-n2c(=O)/c(=C/c3ccc(OC(F)F)cc3)s/c2=C(/C#N)C(=O)c2ccccc2)cc1. The number of hydrogen-bond acceptors (Lipinski definition) is 6. The van der Waals surface area contributed by atoms with Crippen LogP contribution >= 0.6 is 11.3 Å². The Hall–Kier alpha value is -4.55. The highest BCUT2D eigenvalue weighted by Gasteiger charge is 2.18. The van der Waals surface area contributed by atoms with Gasteiger partial charge in [-0.3, -0.25) is 14.2 Å². The number of benzene rings is 3. The molecule has 4 aromatic rings. The Morgan fingerprint density at radius 2 is 1.68 bits per heavy atom. The molecule has 0 fully saturated rings. The molecule has 0 saturated heterocycles. The summed E-state index contributed by atoms with van der Waals surface area (Å²) < 4.78 is 36.5. The average Bonchev–Trinajstić information content (AvgIpc) is 3.21. The molecular weight excluding hydrogens is 498 g/mol. The van der Waals surface area contributed by atoms with Gasteiger partial charge in [-0.2, -0.15) is 14.0 Å². The molecule has 1 heterocycles. The first-order chi connectivity index (χ1) is 17.9. The van der Waals surface area contributed by atoms with E-state index in [-0.39, 0.29) is 20.5 Å². The van der Waals surface area contributed by atoms with Gasteiger partial charge in [-0.05, 0) is 55.0 Å². The van der Waals surface area contributed by atoms with Crippen LogP contribution in [-0.2, 0) is 0 Å². The molecular formula is C28H20F2N2O4S. The first-order valence-electron chi connectivity index (χ1n) is 11.2. The van der Waals surface area contributed by atoms with Crippen LogP contribution in [0.5, 0.6) is 11.5 Å². The lowest BCUT2D eigenvalue weighted by Gasteiger charge is -2.06. The summed E-state index contributed by atoms with van der Waals surface area (Å²) in [6.45, 7) is -0.619. The van der Waals surface area contributed by atoms with Crippen LogP contribution in [0.1, 0.15) is 22.8 Å². The molecule has 0 amide bonds. The number of nitrogens with zero attached hydrogens (tertiary/aromatic N) is 2. The standard InChI is InChI=1S/C28H20F2N2O4S/c1-2-35-21-14-10-20(11-15-21)32-26(34)24(16-18-8-12-22(13-9-18)36-28(29)30)37-27(32)23(17-31)25(33)19-6-4-3-5-7-19/h3-16,28H,2H2,1H3/b24-16-,27-23-. The fourth-order valence-corrected chi connectivity index (χ4v) is 4.67. The van der Waals surface area contributed by atoms with E-state index in [2.05, 4.69) is 4.74 Å². The quantitative estimate of drug-likeness (QED) is 0.325. The van der Waals surface area contributed by atoms with E-state index >= 15 is 0 Å². The molecule has 1 aromatic heterocycles. The number of ketones is 1. The van der Waals surface area contributed by atoms with Gasteiger partial charge in [-0.25, -0.2) is 0 Å². The summed E-state index contributed by atoms with van der Waals surface area (Å²) in [6.07, 6.45) is 1.57. The zero-order chi connectivity index (χ0) is 26.4. The van der Waals surface area contributed by atoms with Crippen molar-refractivity contribution in [3.8, 4) is 23.3 Å². The van der Waals surface area contributed by atoms with Crippen LogP contribution in [0.2, 0.25) is 0 Å². The van der Waals surface area contributed by atoms with E-state index in [1.54, 1.807) is 60.7 Å². The van der Waals surface area contributed by atoms with Crippen LogP contribution in [-0.4, -0.2) is 23.6 Å². The molecule has 9 heteroatoms. The largest absolute Gasteiger partial charge is 0.494 e. The van der Waals surface area contributed by atoms with E-state index in [4.69, 9.17) is 4.74 Å². The molecule has 37 heavy (non-hydrogen) atoms. The monoisotopic (exact) mass is 518 g/mol. The fraction of sp³-hybridized carbons (Fsp3) is 0.107. The van der Waals surface area contributed by atoms with Crippen LogP contribution in [0.25, 0.3) is 17.3 Å². The van der Waals surface area contributed by atoms with E-state index in [9.17, 15) is 23.6 Å². The van der Waals surface area contributed by atoms with Gasteiger partial charge < -0.3 is 9.47 Å². The molecule has 0 atom stereocenters. The van der Waals surface area contributed by atoms with Crippen molar-refractivity contribution in [1.82, 2.24) is 4.57 Å². The van der Waals surface area contributed by atoms with Gasteiger partial charge in [0.1, 0.15) is 27.8 Å². The minimum Gasteiger partial charge on any atom is -0.494 e. The summed E-state index contributed by atoms with van der Waals surface area (Å²) in [5.41, 5.74) is 0.707. The third kappa shape index (κ3) is 5.82. The number of Topliss-reactive ketones (excluding diaryl/α,β-unsaturated/α-hetero) is 1. The first kappa shape index (κ1) is 25.5. The molecule has 0 spiro atoms. The Bertz CT molecular complexity index is 1620. The average molecular weight is 519 g/mol. The van der Waals surface area contributed by atoms with Gasteiger partial charge in [0.25, 0.3) is 5.56 Å². The van der Waals surface area contributed by atoms with Gasteiger partial charge >= 0.3 is 6.61 Å². The fourth-order valence-electron chi connectivity index (χ4n) is 3.57. The third-order valence-electron chi connectivity index (χ3n) is 5.22. The molecule has 0 aliphatic heterocycles. The van der Waals surface area contributed by atoms with Crippen molar-refractivity contribution in [2.45, 2.75) is 13.5 Å². The summed E-state index contributed by atoms with van der Waals surface area (Å²) in [5.74, 6) is 0.0854. The van der Waals surface area contributed by atoms with Gasteiger partial charge in [0.2, 0.25) is 5.78 Å². The Morgan fingerprint density at radius 1 is 1.03 bits per heavy atom. The maximum atomic E-state index is 13.6. The summed E-state index contributed by atoms with van der Waals surface area (Å²) in [6, 6.07) is 22.8. The molecule has 0 aliphatic carbocycles. The molecule has 0 radical (unpaired) electrons. The van der Waals surface area contributed by atoms with Crippen molar-refractivity contribution in [1.29, 1.82) is 5.26 Å². The molecule has 0 bridgehead atoms. The van der Waals surface area contributed by atoms with Crippen molar-refractivity contribution in [3.63, 3.8) is 0 Å². The molecule has 0 saturated carbocycles. The minimum atomic E-state index is -2.95. The predicted molar refractivity (Wildman–Crippen MR) is 137 cm³/mol. The van der Waals surface area contributed by atoms with E-state index in [0.717, 1.165) is 11.3 Å². The van der Waals surface area contributed by atoms with Gasteiger partial charge in [-0.15, -0.1) is 11.3 Å². The molecule has 3 aromatic carbocycles. The second-order valence-electron chi connectivity index (χ2n) is 7.61. The first-order valence-corrected chi connectivity index (χ1v) is 12.0. The molecule has 0 N–H and O–H groups in total. The Labute approximate surface area is 214 Å². The predicted octanol–water partition coefficient (Wildman–Crippen LogP) is 4.29. The number of ether oxygens (including phenoxy) is 2. The number of carbonyl (C=O) groups excluding carboxylic acids is 1. The highest BCUT2D eigenvalue weighted by Crippen LogP contribution is 2.16. The van der Waals surface area contributed by atoms with Crippen LogP contribution in [0.15, 0.2) is 83.7 Å². The van der Waals surface area contributed by atoms with Gasteiger partial charge in [-0.1, -0.05) is 42.5 Å². The lowest BCUT2D eigenvalue weighted by Crippen LogP contribution is -2.31. The number of thiazole rings is 1. The molecule has 186 valence electrons. The lowest BCUT2D eigenvalue weighted by atomic mass is 10.1. The second-order valence-corrected chi connectivity index (χ2v) is 8.64. The number of aromatic nitrogens is 1. The molecule has 4 rings (SSSR count). The topological polar surface area (TPSA) is 81.3 Å². The summed E-state index contributed by atoms with van der Waals surface area (Å²) in [5, 5.41) is 9.97. The summed E-state index contributed by atoms with van der Waals surface area (Å²) in [7, 11) is 0. The van der Waals surface area contributed by atoms with E-state index < -0.39 is 18.0 Å². The van der Waals surface area contributed by atoms with Crippen molar-refractivity contribution in [2.24, 2.45) is 0 Å². The number of halogens is 2. The number of rotatable bonds is 8. The number of alkyl halides is 2. The van der Waals surface area contributed by atoms with Crippen LogP contribution in [0.4, 0.5) is 8.78 Å². The second kappa shape index (κ2) is 11.5. The van der Waals surface area contributed by atoms with Crippen molar-refractivity contribution in [2.75, 3.05) is 6.61 Å². The van der Waals surface area contributed by atoms with Crippen molar-refractivity contribution >= 4 is 28.8 Å². The van der Waals surface area contributed by atoms with E-state index in [0.29, 0.717) is 29.2 Å². The number of nitriles is 1. The summed E-state index contributed by atoms with van der Waals surface area (Å²) in [4.78, 5) is 26.8. The minimum absolute atomic E-state index is 0.0145. The summed E-state index contributed by atoms with van der Waals surface area (Å²) >= 11 is 0.993. The maximum absolute atomic E-state index is 13.6. The van der Waals surface area contributed by atoms with Crippen LogP contribution < -0.4 is 24.2 Å². The van der Waals surface area contributed by atoms with Crippen molar-refractivity contribution < 1.29 is 23.0 Å². The van der Waals surface area contributed by atoms with Gasteiger partial charge in [0.05, 0.1) is 16.8 Å². The lowest BCUT2D eigenvalue weighted by molar-refractivity contribution is -0.0498. The van der Waals surface area contributed by atoms with Crippen LogP contribution in [0, 0.1) is 11.3 Å². The van der Waals surface area contributed by atoms with Gasteiger partial charge in [0.15, 0.2) is 0 Å². The van der Waals surface area contributed by atoms with Crippen LogP contribution in [0.3, 0.4) is 0 Å². The van der Waals surface area contributed by atoms with E-state index in [1.165, 1.54) is 28.8 Å². The smallest absolute Gasteiger partial charge is 0.387 e. The zero-order valence-corrected chi connectivity index (χ0v) is 20.4. The molecule has 6 nitrogen and oxygen atoms in total. The number of hydrogen-bond donors (Lipinski definition) is 0. The highest BCUT2D eigenvalue weighted by molar-refractivity contribution is 7.07. The van der Waals surface area contributed by atoms with E-state index in [1.807, 2.05) is 13.0 Å². The Kier molecular flexibility index (Phi) is 7.91. The Morgan fingerprint density at radius 3 is 2.27 bits per heavy atom. The van der Waals surface area contributed by atoms with Crippen molar-refractivity contribution in [3.05, 3.63) is 110 Å². The third-order valence-corrected chi connectivity index (χ3v) is 6.31. The zero-order valence-electron chi connectivity index (χ0n) is 19.6. The number of carbonyl (C=O) groups is 1.